The zero-order chi connectivity index (χ0) is 35.4. The summed E-state index contributed by atoms with van der Waals surface area (Å²) in [5.41, 5.74) is 6.96. The van der Waals surface area contributed by atoms with E-state index in [2.05, 4.69) is 75.3 Å². The molecule has 2 aromatic heterocycles. The SMILES string of the molecule is C/C=C(\NCC)c1ccc2c(c1)cc1n2C(c2ccc3c(c2)OCCC3)Oc2cc(-c3cnc([C@@H]4CCCN4C(=O)OC(C)(C)C)[nH]3)cc(F)c2-1. The van der Waals surface area contributed by atoms with Crippen molar-refractivity contribution in [2.24, 2.45) is 0 Å². The Bertz CT molecular complexity index is 2180. The molecule has 3 aliphatic rings. The molecule has 1 amide bonds. The Morgan fingerprint density at radius 2 is 1.98 bits per heavy atom. The van der Waals surface area contributed by atoms with Crippen LogP contribution in [0.3, 0.4) is 0 Å². The number of nitrogens with one attached hydrogen (secondary N) is 2. The number of hydrogen-bond acceptors (Lipinski definition) is 6. The van der Waals surface area contributed by atoms with Crippen LogP contribution in [0.4, 0.5) is 9.18 Å². The van der Waals surface area contributed by atoms with Crippen molar-refractivity contribution in [3.05, 3.63) is 95.2 Å². The number of imidazole rings is 1. The van der Waals surface area contributed by atoms with Crippen LogP contribution in [0, 0.1) is 5.82 Å². The molecule has 3 aromatic carbocycles. The molecule has 0 saturated carbocycles. The van der Waals surface area contributed by atoms with Gasteiger partial charge in [-0.2, -0.15) is 0 Å². The Morgan fingerprint density at radius 1 is 1.12 bits per heavy atom. The zero-order valence-electron chi connectivity index (χ0n) is 29.8. The molecule has 10 heteroatoms. The maximum Gasteiger partial charge on any atom is 0.410 e. The largest absolute Gasteiger partial charge is 0.493 e. The lowest BCUT2D eigenvalue weighted by Gasteiger charge is -2.31. The number of ether oxygens (including phenoxy) is 3. The number of hydrogen-bond donors (Lipinski definition) is 2. The topological polar surface area (TPSA) is 93.6 Å². The number of likely N-dealkylation sites (tertiary alicyclic amines) is 1. The van der Waals surface area contributed by atoms with Crippen molar-refractivity contribution < 1.29 is 23.4 Å². The Balaban J connectivity index is 1.21. The average molecular weight is 690 g/mol. The quantitative estimate of drug-likeness (QED) is 0.185. The number of aromatic nitrogens is 3. The summed E-state index contributed by atoms with van der Waals surface area (Å²) in [7, 11) is 0. The fourth-order valence-electron chi connectivity index (χ4n) is 7.63. The number of aryl methyl sites for hydroxylation is 1. The average Bonchev–Trinajstić information content (AvgIpc) is 3.88. The van der Waals surface area contributed by atoms with Gasteiger partial charge in [-0.15, -0.1) is 0 Å². The summed E-state index contributed by atoms with van der Waals surface area (Å²) in [6.45, 7) is 11.8. The number of benzene rings is 3. The highest BCUT2D eigenvalue weighted by Gasteiger charge is 2.36. The van der Waals surface area contributed by atoms with Crippen LogP contribution in [0.2, 0.25) is 0 Å². The summed E-state index contributed by atoms with van der Waals surface area (Å²) >= 11 is 0. The molecule has 0 spiro atoms. The summed E-state index contributed by atoms with van der Waals surface area (Å²) in [4.78, 5) is 22.8. The normalized spacial score (nSPS) is 18.5. The molecular formula is C41H44FN5O4. The van der Waals surface area contributed by atoms with Gasteiger partial charge in [0.15, 0.2) is 0 Å². The molecule has 1 saturated heterocycles. The van der Waals surface area contributed by atoms with Crippen LogP contribution in [-0.4, -0.2) is 50.8 Å². The molecule has 2 atom stereocenters. The Labute approximate surface area is 297 Å². The summed E-state index contributed by atoms with van der Waals surface area (Å²) < 4.78 is 37.2. The predicted molar refractivity (Wildman–Crippen MR) is 196 cm³/mol. The van der Waals surface area contributed by atoms with E-state index in [1.54, 1.807) is 11.1 Å². The lowest BCUT2D eigenvalue weighted by Crippen LogP contribution is -2.36. The third-order valence-corrected chi connectivity index (χ3v) is 9.92. The first-order chi connectivity index (χ1) is 24.6. The molecule has 5 aromatic rings. The third kappa shape index (κ3) is 6.00. The van der Waals surface area contributed by atoms with E-state index in [-0.39, 0.29) is 12.1 Å². The van der Waals surface area contributed by atoms with E-state index in [0.29, 0.717) is 41.5 Å². The van der Waals surface area contributed by atoms with E-state index in [0.717, 1.165) is 71.4 Å². The van der Waals surface area contributed by atoms with Crippen LogP contribution in [0.15, 0.2) is 66.9 Å². The Morgan fingerprint density at radius 3 is 2.78 bits per heavy atom. The molecule has 3 aliphatic heterocycles. The minimum atomic E-state index is -0.598. The van der Waals surface area contributed by atoms with Crippen molar-refractivity contribution in [1.82, 2.24) is 24.8 Å². The van der Waals surface area contributed by atoms with Gasteiger partial charge in [0.25, 0.3) is 0 Å². The van der Waals surface area contributed by atoms with Gasteiger partial charge in [-0.1, -0.05) is 24.3 Å². The van der Waals surface area contributed by atoms with Gasteiger partial charge in [0.1, 0.15) is 28.7 Å². The Hall–Kier alpha value is -5.25. The van der Waals surface area contributed by atoms with Gasteiger partial charge in [0.2, 0.25) is 6.23 Å². The summed E-state index contributed by atoms with van der Waals surface area (Å²) in [6.07, 6.45) is 6.42. The first kappa shape index (κ1) is 32.9. The molecular weight excluding hydrogens is 645 g/mol. The van der Waals surface area contributed by atoms with Crippen LogP contribution < -0.4 is 14.8 Å². The smallest absolute Gasteiger partial charge is 0.410 e. The van der Waals surface area contributed by atoms with Gasteiger partial charge in [0, 0.05) is 35.3 Å². The van der Waals surface area contributed by atoms with Gasteiger partial charge in [-0.25, -0.2) is 14.2 Å². The summed E-state index contributed by atoms with van der Waals surface area (Å²) in [5.74, 6) is 1.56. The maximum absolute atomic E-state index is 16.5. The van der Waals surface area contributed by atoms with Crippen LogP contribution in [-0.2, 0) is 11.2 Å². The zero-order valence-corrected chi connectivity index (χ0v) is 29.8. The maximum atomic E-state index is 16.5. The monoisotopic (exact) mass is 689 g/mol. The lowest BCUT2D eigenvalue weighted by atomic mass is 10.0. The van der Waals surface area contributed by atoms with Crippen molar-refractivity contribution in [2.45, 2.75) is 78.2 Å². The van der Waals surface area contributed by atoms with Crippen LogP contribution in [0.5, 0.6) is 11.5 Å². The summed E-state index contributed by atoms with van der Waals surface area (Å²) in [6, 6.07) is 17.8. The van der Waals surface area contributed by atoms with Gasteiger partial charge < -0.3 is 29.1 Å². The number of allylic oxidation sites excluding steroid dienone is 1. The Kier molecular flexibility index (Phi) is 8.27. The molecule has 51 heavy (non-hydrogen) atoms. The number of aromatic amines is 1. The molecule has 5 heterocycles. The second kappa shape index (κ2) is 12.8. The van der Waals surface area contributed by atoms with Crippen molar-refractivity contribution in [3.8, 4) is 34.0 Å². The highest BCUT2D eigenvalue weighted by atomic mass is 19.1. The second-order valence-corrected chi connectivity index (χ2v) is 14.5. The van der Waals surface area contributed by atoms with Gasteiger partial charge in [-0.05, 0) is 108 Å². The van der Waals surface area contributed by atoms with Gasteiger partial charge in [-0.3, -0.25) is 4.90 Å². The van der Waals surface area contributed by atoms with E-state index in [9.17, 15) is 4.79 Å². The van der Waals surface area contributed by atoms with E-state index in [1.165, 1.54) is 11.6 Å². The molecule has 0 bridgehead atoms. The molecule has 2 N–H and O–H groups in total. The number of nitrogens with zero attached hydrogens (tertiary/aromatic N) is 3. The molecule has 0 radical (unpaired) electrons. The summed E-state index contributed by atoms with van der Waals surface area (Å²) in [5, 5.41) is 4.43. The number of H-pyrrole nitrogens is 1. The molecule has 8 rings (SSSR count). The van der Waals surface area contributed by atoms with E-state index < -0.39 is 17.6 Å². The number of fused-ring (bicyclic) bond motifs is 6. The van der Waals surface area contributed by atoms with Crippen LogP contribution in [0.25, 0.3) is 39.1 Å². The second-order valence-electron chi connectivity index (χ2n) is 14.5. The van der Waals surface area contributed by atoms with Crippen LogP contribution in [0.1, 0.15) is 88.7 Å². The molecule has 264 valence electrons. The van der Waals surface area contributed by atoms with Crippen molar-refractivity contribution in [2.75, 3.05) is 19.7 Å². The highest BCUT2D eigenvalue weighted by Crippen LogP contribution is 2.48. The first-order valence-corrected chi connectivity index (χ1v) is 18.0. The van der Waals surface area contributed by atoms with E-state index >= 15 is 4.39 Å². The molecule has 0 aliphatic carbocycles. The van der Waals surface area contributed by atoms with Gasteiger partial charge >= 0.3 is 6.09 Å². The number of carbonyl (C=O) groups is 1. The molecule has 1 unspecified atom stereocenters. The van der Waals surface area contributed by atoms with Gasteiger partial charge in [0.05, 0.1) is 41.3 Å². The fraction of sp³-hybridized carbons (Fsp3) is 0.366. The lowest BCUT2D eigenvalue weighted by molar-refractivity contribution is 0.0218. The molecule has 1 fully saturated rings. The minimum Gasteiger partial charge on any atom is -0.493 e. The molecule has 9 nitrogen and oxygen atoms in total. The number of halogens is 1. The number of amides is 1. The minimum absolute atomic E-state index is 0.251. The predicted octanol–water partition coefficient (Wildman–Crippen LogP) is 9.14. The van der Waals surface area contributed by atoms with Crippen molar-refractivity contribution >= 4 is 22.7 Å². The standard InChI is InChI=1S/C41H44FN5O4/c1-6-30(43-7-2)25-14-15-32-28(18-25)20-34-37-29(42)19-27(31-23-44-38(45-31)33-11-8-16-46(33)40(48)51-41(3,4)5)22-36(37)50-39(47(32)34)26-13-12-24-10-9-17-49-35(24)21-26/h6,12-15,18-23,33,39,43H,7-11,16-17H2,1-5H3,(H,44,45)/b30-6-/t33-,39?/m0/s1. The van der Waals surface area contributed by atoms with Crippen LogP contribution >= 0.6 is 0 Å². The highest BCUT2D eigenvalue weighted by molar-refractivity contribution is 5.92. The third-order valence-electron chi connectivity index (χ3n) is 9.92. The van der Waals surface area contributed by atoms with Crippen molar-refractivity contribution in [3.63, 3.8) is 0 Å². The van der Waals surface area contributed by atoms with E-state index in [4.69, 9.17) is 14.2 Å². The van der Waals surface area contributed by atoms with E-state index in [1.807, 2.05) is 33.8 Å². The first-order valence-electron chi connectivity index (χ1n) is 18.0. The number of rotatable bonds is 6. The fourth-order valence-corrected chi connectivity index (χ4v) is 7.63. The number of carbonyl (C=O) groups excluding carboxylic acids is 1. The van der Waals surface area contributed by atoms with Crippen molar-refractivity contribution in [1.29, 1.82) is 0 Å².